The van der Waals surface area contributed by atoms with Crippen LogP contribution in [0.15, 0.2) is 28.8 Å². The van der Waals surface area contributed by atoms with Crippen molar-refractivity contribution < 1.29 is 4.52 Å². The van der Waals surface area contributed by atoms with Crippen molar-refractivity contribution in [3.05, 3.63) is 47.1 Å². The molecule has 0 aliphatic rings. The molecule has 4 heteroatoms. The smallest absolute Gasteiger partial charge is 0.226 e. The Bertz CT molecular complexity index is 505. The van der Waals surface area contributed by atoms with Crippen LogP contribution in [0.3, 0.4) is 0 Å². The van der Waals surface area contributed by atoms with Crippen LogP contribution in [0, 0.1) is 6.92 Å². The summed E-state index contributed by atoms with van der Waals surface area (Å²) in [6, 6.07) is 8.43. The minimum atomic E-state index is 0.733. The molecule has 0 amide bonds. The van der Waals surface area contributed by atoms with Crippen molar-refractivity contribution in [2.24, 2.45) is 5.73 Å². The van der Waals surface area contributed by atoms with Crippen LogP contribution in [0.1, 0.15) is 48.5 Å². The van der Waals surface area contributed by atoms with Crippen LogP contribution in [0.2, 0.25) is 0 Å². The van der Waals surface area contributed by atoms with Crippen molar-refractivity contribution in [2.45, 2.75) is 45.4 Å². The zero-order chi connectivity index (χ0) is 14.2. The van der Waals surface area contributed by atoms with Crippen molar-refractivity contribution in [1.29, 1.82) is 0 Å². The van der Waals surface area contributed by atoms with Crippen molar-refractivity contribution in [3.63, 3.8) is 0 Å². The fourth-order valence-corrected chi connectivity index (χ4v) is 2.13. The molecule has 0 radical (unpaired) electrons. The number of rotatable bonds is 8. The normalized spacial score (nSPS) is 10.9. The topological polar surface area (TPSA) is 64.9 Å². The fraction of sp³-hybridized carbons (Fsp3) is 0.500. The number of aryl methyl sites for hydroxylation is 2. The summed E-state index contributed by atoms with van der Waals surface area (Å²) in [4.78, 5) is 4.44. The zero-order valence-corrected chi connectivity index (χ0v) is 12.1. The molecule has 0 bridgehead atoms. The Hall–Kier alpha value is -1.68. The molecule has 0 saturated heterocycles. The van der Waals surface area contributed by atoms with E-state index in [1.807, 2.05) is 0 Å². The summed E-state index contributed by atoms with van der Waals surface area (Å²) in [7, 11) is 0. The van der Waals surface area contributed by atoms with E-state index >= 15 is 0 Å². The Kier molecular flexibility index (Phi) is 5.74. The molecule has 2 aromatic rings. The number of unbranched alkanes of at least 4 members (excludes halogenated alkanes) is 3. The number of nitrogens with two attached hydrogens (primary N) is 1. The second-order valence-corrected chi connectivity index (χ2v) is 5.22. The van der Waals surface area contributed by atoms with E-state index < -0.39 is 0 Å². The first-order valence-electron chi connectivity index (χ1n) is 7.35. The Labute approximate surface area is 120 Å². The van der Waals surface area contributed by atoms with E-state index in [1.54, 1.807) is 0 Å². The van der Waals surface area contributed by atoms with Gasteiger partial charge in [-0.2, -0.15) is 4.98 Å². The third kappa shape index (κ3) is 4.78. The number of benzene rings is 1. The molecule has 1 aromatic carbocycles. The van der Waals surface area contributed by atoms with Crippen LogP contribution in [-0.4, -0.2) is 16.7 Å². The minimum absolute atomic E-state index is 0.733. The van der Waals surface area contributed by atoms with E-state index in [1.165, 1.54) is 24.0 Å². The quantitative estimate of drug-likeness (QED) is 0.751. The molecule has 2 rings (SSSR count). The third-order valence-corrected chi connectivity index (χ3v) is 3.34. The Balaban J connectivity index is 1.78. The molecule has 0 aliphatic carbocycles. The molecular formula is C16H23N3O. The lowest BCUT2D eigenvalue weighted by molar-refractivity contribution is 0.369. The Morgan fingerprint density at radius 2 is 1.80 bits per heavy atom. The largest absolute Gasteiger partial charge is 0.339 e. The van der Waals surface area contributed by atoms with Gasteiger partial charge < -0.3 is 10.3 Å². The van der Waals surface area contributed by atoms with E-state index in [9.17, 15) is 0 Å². The number of hydrogen-bond acceptors (Lipinski definition) is 4. The van der Waals surface area contributed by atoms with E-state index in [0.29, 0.717) is 0 Å². The van der Waals surface area contributed by atoms with Crippen molar-refractivity contribution in [3.8, 4) is 0 Å². The Morgan fingerprint density at radius 3 is 2.55 bits per heavy atom. The van der Waals surface area contributed by atoms with Gasteiger partial charge in [-0.3, -0.25) is 0 Å². The summed E-state index contributed by atoms with van der Waals surface area (Å²) in [6.07, 6.45) is 6.14. The summed E-state index contributed by atoms with van der Waals surface area (Å²) in [5.74, 6) is 1.52. The van der Waals surface area contributed by atoms with Gasteiger partial charge in [-0.05, 0) is 31.9 Å². The molecule has 2 N–H and O–H groups in total. The first-order valence-corrected chi connectivity index (χ1v) is 7.35. The second kappa shape index (κ2) is 7.80. The van der Waals surface area contributed by atoms with Gasteiger partial charge in [0.2, 0.25) is 5.89 Å². The molecule has 4 nitrogen and oxygen atoms in total. The molecule has 0 saturated carbocycles. The van der Waals surface area contributed by atoms with Gasteiger partial charge in [0.05, 0.1) is 0 Å². The van der Waals surface area contributed by atoms with Gasteiger partial charge >= 0.3 is 0 Å². The highest BCUT2D eigenvalue weighted by Gasteiger charge is 2.06. The van der Waals surface area contributed by atoms with Gasteiger partial charge in [0.15, 0.2) is 5.82 Å². The fourth-order valence-electron chi connectivity index (χ4n) is 2.13. The maximum absolute atomic E-state index is 5.47. The molecular weight excluding hydrogens is 250 g/mol. The summed E-state index contributed by atoms with van der Waals surface area (Å²) < 4.78 is 5.28. The molecule has 0 unspecified atom stereocenters. The molecule has 0 fully saturated rings. The van der Waals surface area contributed by atoms with Crippen molar-refractivity contribution in [1.82, 2.24) is 10.1 Å². The summed E-state index contributed by atoms with van der Waals surface area (Å²) >= 11 is 0. The number of nitrogens with zero attached hydrogens (tertiary/aromatic N) is 2. The van der Waals surface area contributed by atoms with Gasteiger partial charge in [0.1, 0.15) is 0 Å². The van der Waals surface area contributed by atoms with Gasteiger partial charge in [0, 0.05) is 12.8 Å². The SMILES string of the molecule is Cc1ccc(Cc2noc(CCCCCCN)n2)cc1. The highest BCUT2D eigenvalue weighted by Crippen LogP contribution is 2.10. The monoisotopic (exact) mass is 273 g/mol. The predicted molar refractivity (Wildman–Crippen MR) is 79.5 cm³/mol. The van der Waals surface area contributed by atoms with E-state index in [-0.39, 0.29) is 0 Å². The van der Waals surface area contributed by atoms with Crippen molar-refractivity contribution >= 4 is 0 Å². The van der Waals surface area contributed by atoms with Crippen molar-refractivity contribution in [2.75, 3.05) is 6.54 Å². The van der Waals surface area contributed by atoms with Gasteiger partial charge in [-0.1, -0.05) is 47.8 Å². The third-order valence-electron chi connectivity index (χ3n) is 3.34. The molecule has 20 heavy (non-hydrogen) atoms. The molecule has 0 spiro atoms. The van der Waals surface area contributed by atoms with Crippen LogP contribution in [0.5, 0.6) is 0 Å². The highest BCUT2D eigenvalue weighted by atomic mass is 16.5. The van der Waals surface area contributed by atoms with Gasteiger partial charge in [0.25, 0.3) is 0 Å². The maximum Gasteiger partial charge on any atom is 0.226 e. The lowest BCUT2D eigenvalue weighted by atomic mass is 10.1. The second-order valence-electron chi connectivity index (χ2n) is 5.22. The number of aromatic nitrogens is 2. The summed E-state index contributed by atoms with van der Waals surface area (Å²) in [6.45, 7) is 2.86. The molecule has 0 atom stereocenters. The Morgan fingerprint density at radius 1 is 1.05 bits per heavy atom. The molecule has 0 aliphatic heterocycles. The lowest BCUT2D eigenvalue weighted by Gasteiger charge is -1.97. The average molecular weight is 273 g/mol. The van der Waals surface area contributed by atoms with Crippen LogP contribution >= 0.6 is 0 Å². The molecule has 108 valence electrons. The standard InChI is InChI=1S/C16H23N3O/c1-13-7-9-14(10-8-13)12-15-18-16(20-19-15)6-4-2-3-5-11-17/h7-10H,2-6,11-12,17H2,1H3. The van der Waals surface area contributed by atoms with Crippen LogP contribution in [0.25, 0.3) is 0 Å². The minimum Gasteiger partial charge on any atom is -0.339 e. The lowest BCUT2D eigenvalue weighted by Crippen LogP contribution is -1.98. The van der Waals surface area contributed by atoms with E-state index in [2.05, 4.69) is 41.3 Å². The molecule has 1 aromatic heterocycles. The predicted octanol–water partition coefficient (Wildman–Crippen LogP) is 3.03. The van der Waals surface area contributed by atoms with Gasteiger partial charge in [-0.25, -0.2) is 0 Å². The zero-order valence-electron chi connectivity index (χ0n) is 12.1. The van der Waals surface area contributed by atoms with E-state index in [0.717, 1.165) is 43.9 Å². The number of hydrogen-bond donors (Lipinski definition) is 1. The van der Waals surface area contributed by atoms with Crippen LogP contribution < -0.4 is 5.73 Å². The summed E-state index contributed by atoms with van der Waals surface area (Å²) in [5.41, 5.74) is 7.94. The first kappa shape index (κ1) is 14.7. The maximum atomic E-state index is 5.47. The first-order chi connectivity index (χ1) is 9.78. The van der Waals surface area contributed by atoms with Gasteiger partial charge in [-0.15, -0.1) is 0 Å². The van der Waals surface area contributed by atoms with Crippen LogP contribution in [-0.2, 0) is 12.8 Å². The average Bonchev–Trinajstić information content (AvgIpc) is 2.89. The van der Waals surface area contributed by atoms with Crippen LogP contribution in [0.4, 0.5) is 0 Å². The summed E-state index contributed by atoms with van der Waals surface area (Å²) in [5, 5.41) is 4.04. The molecule has 1 heterocycles. The highest BCUT2D eigenvalue weighted by molar-refractivity contribution is 5.23. The van der Waals surface area contributed by atoms with E-state index in [4.69, 9.17) is 10.3 Å².